The third kappa shape index (κ3) is 8.53. The minimum atomic E-state index is -1.78. The van der Waals surface area contributed by atoms with Gasteiger partial charge in [0.05, 0.1) is 25.2 Å². The number of carbonyl (C=O) groups is 2. The summed E-state index contributed by atoms with van der Waals surface area (Å²) < 4.78 is 10.7. The number of aryl methyl sites for hydroxylation is 1. The monoisotopic (exact) mass is 457 g/mol. The molecule has 9 nitrogen and oxygen atoms in total. The van der Waals surface area contributed by atoms with Gasteiger partial charge in [-0.15, -0.1) is 0 Å². The Balaban J connectivity index is 1.99. The molecule has 1 aliphatic rings. The zero-order valence-electron chi connectivity index (χ0n) is 19.6. The van der Waals surface area contributed by atoms with Crippen molar-refractivity contribution in [2.75, 3.05) is 26.4 Å². The van der Waals surface area contributed by atoms with E-state index in [0.29, 0.717) is 6.61 Å². The van der Waals surface area contributed by atoms with Crippen molar-refractivity contribution in [3.8, 4) is 6.07 Å². The number of allylic oxidation sites excluding steroid dienone is 1. The van der Waals surface area contributed by atoms with Crippen molar-refractivity contribution in [3.63, 3.8) is 0 Å². The van der Waals surface area contributed by atoms with Gasteiger partial charge in [0.15, 0.2) is 0 Å². The molecule has 1 fully saturated rings. The van der Waals surface area contributed by atoms with Gasteiger partial charge in [0, 0.05) is 6.54 Å². The van der Waals surface area contributed by atoms with Crippen molar-refractivity contribution >= 4 is 19.1 Å². The van der Waals surface area contributed by atoms with E-state index in [2.05, 4.69) is 5.32 Å². The summed E-state index contributed by atoms with van der Waals surface area (Å²) in [7, 11) is -1.78. The topological polar surface area (TPSA) is 132 Å². The Kier molecular flexibility index (Phi) is 9.47. The molecule has 0 spiro atoms. The summed E-state index contributed by atoms with van der Waals surface area (Å²) in [6.07, 6.45) is 0.977. The second-order valence-corrected chi connectivity index (χ2v) is 9.22. The first-order valence-corrected chi connectivity index (χ1v) is 10.9. The highest BCUT2D eigenvalue weighted by molar-refractivity contribution is 6.43. The van der Waals surface area contributed by atoms with Crippen LogP contribution in [-0.4, -0.2) is 72.4 Å². The second-order valence-electron chi connectivity index (χ2n) is 9.22. The number of nitrogens with zero attached hydrogens (tertiary/aromatic N) is 2. The molecule has 3 N–H and O–H groups in total. The molecule has 0 aromatic heterocycles. The highest BCUT2D eigenvalue weighted by Crippen LogP contribution is 2.20. The Hall–Kier alpha value is -2.87. The van der Waals surface area contributed by atoms with E-state index in [9.17, 15) is 24.9 Å². The fourth-order valence-electron chi connectivity index (χ4n) is 3.36. The molecular formula is C23H32BN3O6. The molecule has 0 saturated carbocycles. The van der Waals surface area contributed by atoms with Crippen molar-refractivity contribution in [3.05, 3.63) is 47.0 Å². The average Bonchev–Trinajstić information content (AvgIpc) is 2.76. The third-order valence-electron chi connectivity index (χ3n) is 5.06. The zero-order chi connectivity index (χ0) is 24.6. The van der Waals surface area contributed by atoms with Gasteiger partial charge < -0.3 is 29.7 Å². The van der Waals surface area contributed by atoms with E-state index in [-0.39, 0.29) is 37.2 Å². The number of nitrogens with one attached hydrogen (secondary N) is 1. The Labute approximate surface area is 195 Å². The predicted octanol–water partition coefficient (Wildman–Crippen LogP) is 1.37. The summed E-state index contributed by atoms with van der Waals surface area (Å²) in [5.74, 6) is -1.41. The molecule has 2 atom stereocenters. The van der Waals surface area contributed by atoms with Crippen molar-refractivity contribution in [2.45, 2.75) is 46.1 Å². The largest absolute Gasteiger partial charge is 0.475 e. The maximum absolute atomic E-state index is 12.9. The molecule has 1 unspecified atom stereocenters. The molecule has 0 radical (unpaired) electrons. The first kappa shape index (κ1) is 26.4. The molecule has 0 aliphatic carbocycles. The smallest absolute Gasteiger partial charge is 0.447 e. The number of alkyl carbamates (subject to hydrolysis) is 1. The molecule has 1 aromatic carbocycles. The summed E-state index contributed by atoms with van der Waals surface area (Å²) in [5.41, 5.74) is 1.57. The number of carbonyl (C=O) groups excluding carboxylic acids is 2. The van der Waals surface area contributed by atoms with E-state index in [4.69, 9.17) is 9.47 Å². The van der Waals surface area contributed by atoms with Crippen molar-refractivity contribution in [1.82, 2.24) is 10.2 Å². The minimum Gasteiger partial charge on any atom is -0.447 e. The molecular weight excluding hydrogens is 425 g/mol. The number of morpholine rings is 1. The van der Waals surface area contributed by atoms with Crippen LogP contribution in [0.2, 0.25) is 0 Å². The van der Waals surface area contributed by atoms with Crippen LogP contribution in [0.4, 0.5) is 4.79 Å². The predicted molar refractivity (Wildman–Crippen MR) is 123 cm³/mol. The molecule has 10 heteroatoms. The maximum Gasteiger partial charge on any atom is 0.475 e. The highest BCUT2D eigenvalue weighted by atomic mass is 16.6. The van der Waals surface area contributed by atoms with Crippen LogP contribution in [0.5, 0.6) is 0 Å². The van der Waals surface area contributed by atoms with Gasteiger partial charge in [-0.2, -0.15) is 5.26 Å². The van der Waals surface area contributed by atoms with Crippen molar-refractivity contribution < 1.29 is 29.1 Å². The van der Waals surface area contributed by atoms with Gasteiger partial charge in [-0.25, -0.2) is 4.79 Å². The fraction of sp³-hybridized carbons (Fsp3) is 0.522. The molecule has 0 bridgehead atoms. The third-order valence-corrected chi connectivity index (χ3v) is 5.06. The van der Waals surface area contributed by atoms with Crippen molar-refractivity contribution in [1.29, 1.82) is 5.26 Å². The molecule has 1 heterocycles. The van der Waals surface area contributed by atoms with E-state index in [0.717, 1.165) is 11.1 Å². The van der Waals surface area contributed by atoms with Crippen LogP contribution in [0.3, 0.4) is 0 Å². The lowest BCUT2D eigenvalue weighted by Crippen LogP contribution is -2.53. The Morgan fingerprint density at radius 3 is 2.61 bits per heavy atom. The van der Waals surface area contributed by atoms with Crippen LogP contribution < -0.4 is 5.32 Å². The van der Waals surface area contributed by atoms with Gasteiger partial charge in [-0.1, -0.05) is 56.7 Å². The number of hydrogen-bond donors (Lipinski definition) is 3. The summed E-state index contributed by atoms with van der Waals surface area (Å²) in [5, 5.41) is 31.2. The highest BCUT2D eigenvalue weighted by Gasteiger charge is 2.32. The quantitative estimate of drug-likeness (QED) is 0.320. The van der Waals surface area contributed by atoms with E-state index in [1.54, 1.807) is 6.08 Å². The lowest BCUT2D eigenvalue weighted by molar-refractivity contribution is -0.137. The molecule has 1 aliphatic heterocycles. The first-order chi connectivity index (χ1) is 15.5. The molecule has 1 aromatic rings. The van der Waals surface area contributed by atoms with Crippen molar-refractivity contribution in [2.24, 2.45) is 5.41 Å². The van der Waals surface area contributed by atoms with Crippen LogP contribution in [0, 0.1) is 23.7 Å². The van der Waals surface area contributed by atoms with Gasteiger partial charge in [-0.3, -0.25) is 4.79 Å². The van der Waals surface area contributed by atoms with E-state index in [1.165, 1.54) is 4.90 Å². The zero-order valence-corrected chi connectivity index (χ0v) is 19.6. The summed E-state index contributed by atoms with van der Waals surface area (Å²) >= 11 is 0. The fourth-order valence-corrected chi connectivity index (χ4v) is 3.36. The molecule has 178 valence electrons. The SMILES string of the molecule is Cc1ccc(CC(NC(=O)OC[C@H]2COCCN2C(=O)C(C#N)=CC(C)(C)C)B(O)O)cc1. The van der Waals surface area contributed by atoms with Gasteiger partial charge in [0.1, 0.15) is 18.2 Å². The van der Waals surface area contributed by atoms with E-state index >= 15 is 0 Å². The number of amides is 2. The maximum atomic E-state index is 12.9. The van der Waals surface area contributed by atoms with Gasteiger partial charge in [-0.05, 0) is 24.3 Å². The molecule has 2 amide bonds. The van der Waals surface area contributed by atoms with Gasteiger partial charge >= 0.3 is 13.2 Å². The minimum absolute atomic E-state index is 0.0282. The van der Waals surface area contributed by atoms with Crippen LogP contribution in [0.1, 0.15) is 31.9 Å². The standard InChI is InChI=1S/C23H32BN3O6/c1-16-5-7-17(8-6-16)11-20(24(30)31)26-22(29)33-15-19-14-32-10-9-27(19)21(28)18(13-25)12-23(2,3)4/h5-8,12,19-20,30-31H,9-11,14-15H2,1-4H3,(H,26,29)/t19-,20?/m1/s1. The average molecular weight is 457 g/mol. The number of nitriles is 1. The van der Waals surface area contributed by atoms with E-state index < -0.39 is 31.1 Å². The number of ether oxygens (including phenoxy) is 2. The Bertz CT molecular complexity index is 889. The van der Waals surface area contributed by atoms with Gasteiger partial charge in [0.2, 0.25) is 0 Å². The number of rotatable bonds is 7. The summed E-state index contributed by atoms with van der Waals surface area (Å²) in [6.45, 7) is 8.20. The molecule has 1 saturated heterocycles. The lowest BCUT2D eigenvalue weighted by Gasteiger charge is -2.35. The van der Waals surface area contributed by atoms with Gasteiger partial charge in [0.25, 0.3) is 5.91 Å². The Morgan fingerprint density at radius 1 is 1.36 bits per heavy atom. The summed E-state index contributed by atoms with van der Waals surface area (Å²) in [4.78, 5) is 26.7. The number of benzene rings is 1. The van der Waals surface area contributed by atoms with Crippen LogP contribution >= 0.6 is 0 Å². The molecule has 33 heavy (non-hydrogen) atoms. The first-order valence-electron chi connectivity index (χ1n) is 10.9. The lowest BCUT2D eigenvalue weighted by atomic mass is 9.76. The van der Waals surface area contributed by atoms with Crippen LogP contribution in [0.25, 0.3) is 0 Å². The number of hydrogen-bond acceptors (Lipinski definition) is 7. The second kappa shape index (κ2) is 11.8. The summed E-state index contributed by atoms with van der Waals surface area (Å²) in [6, 6.07) is 8.88. The van der Waals surface area contributed by atoms with E-state index in [1.807, 2.05) is 58.0 Å². The normalized spacial score (nSPS) is 17.7. The van der Waals surface area contributed by atoms with Crippen LogP contribution in [0.15, 0.2) is 35.9 Å². The molecule has 2 rings (SSSR count). The Morgan fingerprint density at radius 2 is 2.03 bits per heavy atom. The van der Waals surface area contributed by atoms with Crippen LogP contribution in [-0.2, 0) is 20.7 Å².